The molecular weight excluding hydrogens is 723 g/mol. The Kier molecular flexibility index (Phi) is 11.7. The van der Waals surface area contributed by atoms with Gasteiger partial charge in [0.1, 0.15) is 28.8 Å². The quantitative estimate of drug-likeness (QED) is 0.132. The van der Waals surface area contributed by atoms with Crippen molar-refractivity contribution in [1.82, 2.24) is 44.9 Å². The lowest BCUT2D eigenvalue weighted by Gasteiger charge is -2.39. The molecule has 4 heterocycles. The Hall–Kier alpha value is -5.60. The molecule has 2 saturated heterocycles. The molecule has 0 bridgehead atoms. The second-order valence-corrected chi connectivity index (χ2v) is 16.1. The summed E-state index contributed by atoms with van der Waals surface area (Å²) in [6.45, 7) is 12.0. The third kappa shape index (κ3) is 9.02. The summed E-state index contributed by atoms with van der Waals surface area (Å²) >= 11 is 0. The molecule has 0 spiro atoms. The van der Waals surface area contributed by atoms with Crippen LogP contribution in [0.4, 0.5) is 4.79 Å². The minimum Gasteiger partial charge on any atom is -0.444 e. The number of aromatic nitrogens is 4. The summed E-state index contributed by atoms with van der Waals surface area (Å²) in [5.74, 6) is 0.602. The van der Waals surface area contributed by atoms with Gasteiger partial charge in [-0.15, -0.1) is 0 Å². The van der Waals surface area contributed by atoms with Gasteiger partial charge in [0.05, 0.1) is 41.2 Å². The van der Waals surface area contributed by atoms with Crippen LogP contribution in [0.15, 0.2) is 66.7 Å². The molecule has 2 aromatic heterocycles. The number of ketones is 1. The van der Waals surface area contributed by atoms with E-state index in [2.05, 4.69) is 37.1 Å². The van der Waals surface area contributed by atoms with Crippen LogP contribution in [0.2, 0.25) is 0 Å². The Balaban J connectivity index is 1.02. The number of carbonyl (C=O) groups excluding carboxylic acids is 4. The molecule has 2 aliphatic heterocycles. The van der Waals surface area contributed by atoms with Crippen molar-refractivity contribution in [2.45, 2.75) is 71.2 Å². The Morgan fingerprint density at radius 2 is 1.70 bits per heavy atom. The highest BCUT2D eigenvalue weighted by Crippen LogP contribution is 2.36. The van der Waals surface area contributed by atoms with Gasteiger partial charge in [-0.1, -0.05) is 43.3 Å². The summed E-state index contributed by atoms with van der Waals surface area (Å²) in [5, 5.41) is 2.77. The first-order chi connectivity index (χ1) is 27.4. The first-order valence-electron chi connectivity index (χ1n) is 19.9. The minimum absolute atomic E-state index is 0.0846. The molecular formula is C43H53N9O5. The number of amides is 3. The van der Waals surface area contributed by atoms with Gasteiger partial charge in [0, 0.05) is 44.8 Å². The number of fused-ring (bicyclic) bond motifs is 2. The second-order valence-electron chi connectivity index (χ2n) is 16.1. The smallest absolute Gasteiger partial charge is 0.410 e. The number of Topliss-reactive ketones (excluding diaryl/α,β-unsaturated/α-hetero) is 1. The van der Waals surface area contributed by atoms with E-state index < -0.39 is 17.6 Å². The fourth-order valence-electron chi connectivity index (χ4n) is 7.77. The molecule has 14 heteroatoms. The maximum absolute atomic E-state index is 14.4. The van der Waals surface area contributed by atoms with Crippen LogP contribution in [0.3, 0.4) is 0 Å². The van der Waals surface area contributed by atoms with Crippen molar-refractivity contribution in [1.29, 1.82) is 0 Å². The van der Waals surface area contributed by atoms with Crippen LogP contribution >= 0.6 is 0 Å². The molecule has 3 aromatic carbocycles. The topological polar surface area (TPSA) is 160 Å². The standard InChI is InChI=1S/C43H53N9O5/c1-6-19-51(42(56)57-43(2,3)4)27-36-45-32-15-10-14-30(37(32)48-36)40(54)44-26-35(53)29-17-18-31-33(25-29)47-39(46-31)34-16-11-20-52(34)41(55)38(28-12-8-7-9-13-28)50-23-21-49(5)22-24-50/h7-10,12-15,17-18,25,34,38H,6,11,16,19-24,26-27H2,1-5H3,(H,44,54)(H,45,48)(H,46,47)/t34-,38+/m0/s1. The Morgan fingerprint density at radius 3 is 2.44 bits per heavy atom. The van der Waals surface area contributed by atoms with Crippen LogP contribution in [0.25, 0.3) is 22.1 Å². The summed E-state index contributed by atoms with van der Waals surface area (Å²) in [6, 6.07) is 20.0. The number of nitrogens with one attached hydrogen (secondary N) is 3. The maximum Gasteiger partial charge on any atom is 0.410 e. The van der Waals surface area contributed by atoms with E-state index in [1.54, 1.807) is 35.2 Å². The molecule has 3 amide bonds. The number of H-pyrrole nitrogens is 2. The summed E-state index contributed by atoms with van der Waals surface area (Å²) < 4.78 is 5.58. The van der Waals surface area contributed by atoms with Crippen molar-refractivity contribution in [3.05, 3.63) is 95.1 Å². The lowest BCUT2D eigenvalue weighted by Crippen LogP contribution is -2.50. The fraction of sp³-hybridized carbons (Fsp3) is 0.442. The molecule has 2 fully saturated rings. The number of aromatic amines is 2. The first kappa shape index (κ1) is 39.6. The van der Waals surface area contributed by atoms with Crippen molar-refractivity contribution in [2.24, 2.45) is 0 Å². The number of hydrogen-bond acceptors (Lipinski definition) is 9. The number of piperazine rings is 1. The molecule has 2 aliphatic rings. The molecule has 57 heavy (non-hydrogen) atoms. The van der Waals surface area contributed by atoms with Crippen molar-refractivity contribution in [3.63, 3.8) is 0 Å². The van der Waals surface area contributed by atoms with Gasteiger partial charge in [-0.3, -0.25) is 19.3 Å². The third-order valence-electron chi connectivity index (χ3n) is 10.6. The molecule has 14 nitrogen and oxygen atoms in total. The predicted molar refractivity (Wildman–Crippen MR) is 218 cm³/mol. The predicted octanol–water partition coefficient (Wildman–Crippen LogP) is 5.85. The second kappa shape index (κ2) is 16.9. The van der Waals surface area contributed by atoms with E-state index >= 15 is 0 Å². The fourth-order valence-corrected chi connectivity index (χ4v) is 7.77. The number of para-hydroxylation sites is 1. The Labute approximate surface area is 332 Å². The number of benzene rings is 3. The SMILES string of the molecule is CCCN(Cc1nc2c(C(=O)NCC(=O)c3ccc4nc([C@@H]5CCCN5C(=O)[C@@H](c5ccccc5)N5CCN(C)CC5)[nH]c4c3)cccc2[nH]1)C(=O)OC(C)(C)C. The van der Waals surface area contributed by atoms with Gasteiger partial charge in [-0.05, 0) is 83.0 Å². The van der Waals surface area contributed by atoms with Crippen molar-refractivity contribution >= 4 is 45.8 Å². The van der Waals surface area contributed by atoms with Crippen molar-refractivity contribution < 1.29 is 23.9 Å². The number of carbonyl (C=O) groups is 4. The number of imidazole rings is 2. The molecule has 0 unspecified atom stereocenters. The highest BCUT2D eigenvalue weighted by molar-refractivity contribution is 6.08. The highest BCUT2D eigenvalue weighted by Gasteiger charge is 2.39. The summed E-state index contributed by atoms with van der Waals surface area (Å²) in [4.78, 5) is 78.5. The lowest BCUT2D eigenvalue weighted by molar-refractivity contribution is -0.139. The molecule has 3 N–H and O–H groups in total. The van der Waals surface area contributed by atoms with Crippen LogP contribution < -0.4 is 5.32 Å². The zero-order valence-electron chi connectivity index (χ0n) is 33.5. The Morgan fingerprint density at radius 1 is 0.930 bits per heavy atom. The van der Waals surface area contributed by atoms with Crippen LogP contribution in [-0.2, 0) is 16.1 Å². The highest BCUT2D eigenvalue weighted by atomic mass is 16.6. The van der Waals surface area contributed by atoms with Crippen LogP contribution in [0.1, 0.15) is 97.0 Å². The zero-order chi connectivity index (χ0) is 40.3. The van der Waals surface area contributed by atoms with Gasteiger partial charge in [0.2, 0.25) is 5.91 Å². The molecule has 0 saturated carbocycles. The largest absolute Gasteiger partial charge is 0.444 e. The molecule has 7 rings (SSSR count). The van der Waals surface area contributed by atoms with Crippen LogP contribution in [0, 0.1) is 0 Å². The molecule has 0 radical (unpaired) electrons. The summed E-state index contributed by atoms with van der Waals surface area (Å²) in [5.41, 5.74) is 3.58. The van der Waals surface area contributed by atoms with E-state index in [-0.39, 0.29) is 36.9 Å². The average molecular weight is 776 g/mol. The zero-order valence-corrected chi connectivity index (χ0v) is 33.5. The van der Waals surface area contributed by atoms with Gasteiger partial charge in [0.25, 0.3) is 5.91 Å². The number of nitrogens with zero attached hydrogens (tertiary/aromatic N) is 6. The Bertz CT molecular complexity index is 2240. The number of hydrogen-bond donors (Lipinski definition) is 3. The van der Waals surface area contributed by atoms with E-state index in [4.69, 9.17) is 9.72 Å². The van der Waals surface area contributed by atoms with Gasteiger partial charge in [0.15, 0.2) is 5.78 Å². The third-order valence-corrected chi connectivity index (χ3v) is 10.6. The number of likely N-dealkylation sites (N-methyl/N-ethyl adjacent to an activating group) is 1. The molecule has 0 aliphatic carbocycles. The van der Waals surface area contributed by atoms with Gasteiger partial charge in [-0.2, -0.15) is 0 Å². The summed E-state index contributed by atoms with van der Waals surface area (Å²) in [7, 11) is 2.11. The van der Waals surface area contributed by atoms with Gasteiger partial charge >= 0.3 is 6.09 Å². The van der Waals surface area contributed by atoms with Crippen molar-refractivity contribution in [3.8, 4) is 0 Å². The molecule has 2 atom stereocenters. The molecule has 5 aromatic rings. The van der Waals surface area contributed by atoms with E-state index in [9.17, 15) is 19.2 Å². The van der Waals surface area contributed by atoms with E-state index in [1.165, 1.54) is 0 Å². The van der Waals surface area contributed by atoms with Crippen molar-refractivity contribution in [2.75, 3.05) is 52.9 Å². The summed E-state index contributed by atoms with van der Waals surface area (Å²) in [6.07, 6.45) is 1.97. The van der Waals surface area contributed by atoms with E-state index in [0.29, 0.717) is 57.9 Å². The first-order valence-corrected chi connectivity index (χ1v) is 19.9. The number of ether oxygens (including phenoxy) is 1. The lowest BCUT2D eigenvalue weighted by atomic mass is 10.0. The van der Waals surface area contributed by atoms with Crippen LogP contribution in [-0.4, -0.2) is 122 Å². The van der Waals surface area contributed by atoms with E-state index in [1.807, 2.05) is 69.0 Å². The number of likely N-dealkylation sites (tertiary alicyclic amines) is 1. The van der Waals surface area contributed by atoms with Crippen LogP contribution in [0.5, 0.6) is 0 Å². The monoisotopic (exact) mass is 775 g/mol. The maximum atomic E-state index is 14.4. The van der Waals surface area contributed by atoms with Gasteiger partial charge < -0.3 is 34.7 Å². The molecule has 300 valence electrons. The van der Waals surface area contributed by atoms with E-state index in [0.717, 1.165) is 51.0 Å². The van der Waals surface area contributed by atoms with Gasteiger partial charge in [-0.25, -0.2) is 14.8 Å². The normalized spacial score (nSPS) is 17.2. The number of rotatable bonds is 12. The minimum atomic E-state index is -0.635. The average Bonchev–Trinajstić information content (AvgIpc) is 3.95.